The molecule has 0 saturated heterocycles. The Kier molecular flexibility index (Phi) is 4.93. The van der Waals surface area contributed by atoms with E-state index in [9.17, 15) is 15.2 Å². The summed E-state index contributed by atoms with van der Waals surface area (Å²) in [4.78, 5) is 12.2. The quantitative estimate of drug-likeness (QED) is 0.661. The van der Waals surface area contributed by atoms with Crippen LogP contribution < -0.4 is 4.90 Å². The lowest BCUT2D eigenvalue weighted by atomic mass is 10.1. The van der Waals surface area contributed by atoms with Gasteiger partial charge in [-0.15, -0.1) is 0 Å². The molecule has 0 spiro atoms. The molecule has 5 nitrogen and oxygen atoms in total. The van der Waals surface area contributed by atoms with Crippen LogP contribution in [-0.2, 0) is 0 Å². The highest BCUT2D eigenvalue weighted by Crippen LogP contribution is 2.32. The van der Waals surface area contributed by atoms with E-state index in [-0.39, 0.29) is 11.8 Å². The number of hydrogen-bond donors (Lipinski definition) is 1. The lowest BCUT2D eigenvalue weighted by molar-refractivity contribution is -0.385. The molecule has 100 valence electrons. The second kappa shape index (κ2) is 6.02. The molecular weight excluding hydrogens is 256 g/mol. The smallest absolute Gasteiger partial charge is 0.273 e. The molecule has 0 heterocycles. The zero-order valence-corrected chi connectivity index (χ0v) is 11.4. The van der Waals surface area contributed by atoms with Gasteiger partial charge in [-0.05, 0) is 26.3 Å². The minimum Gasteiger partial charge on any atom is -0.393 e. The van der Waals surface area contributed by atoms with Crippen LogP contribution >= 0.6 is 11.6 Å². The average Bonchev–Trinajstić information content (AvgIpc) is 2.28. The molecule has 0 bridgehead atoms. The van der Waals surface area contributed by atoms with Crippen LogP contribution in [0.4, 0.5) is 11.4 Å². The summed E-state index contributed by atoms with van der Waals surface area (Å²) in [6.07, 6.45) is 0.230. The number of nitro benzene ring substituents is 1. The van der Waals surface area contributed by atoms with E-state index in [4.69, 9.17) is 11.6 Å². The number of aliphatic hydroxyl groups excluding tert-OH is 1. The molecule has 1 atom stereocenters. The summed E-state index contributed by atoms with van der Waals surface area (Å²) >= 11 is 6.05. The fourth-order valence-corrected chi connectivity index (χ4v) is 1.95. The van der Waals surface area contributed by atoms with Crippen LogP contribution in [0.2, 0.25) is 5.02 Å². The van der Waals surface area contributed by atoms with Gasteiger partial charge in [0.05, 0.1) is 21.7 Å². The Bertz CT molecular complexity index is 449. The highest BCUT2D eigenvalue weighted by molar-refractivity contribution is 6.33. The second-order valence-electron chi connectivity index (χ2n) is 4.41. The third kappa shape index (κ3) is 3.58. The minimum atomic E-state index is -0.444. The molecule has 0 fully saturated rings. The van der Waals surface area contributed by atoms with Crippen LogP contribution in [0.5, 0.6) is 0 Å². The maximum atomic E-state index is 10.8. The number of nitro groups is 1. The molecule has 1 N–H and O–H groups in total. The first-order chi connectivity index (χ1) is 8.32. The van der Waals surface area contributed by atoms with Gasteiger partial charge in [0, 0.05) is 25.2 Å². The summed E-state index contributed by atoms with van der Waals surface area (Å²) in [5, 5.41) is 20.4. The van der Waals surface area contributed by atoms with Crippen molar-refractivity contribution in [2.45, 2.75) is 26.4 Å². The van der Waals surface area contributed by atoms with Crippen molar-refractivity contribution in [2.24, 2.45) is 0 Å². The molecule has 0 aliphatic heterocycles. The summed E-state index contributed by atoms with van der Waals surface area (Å²) in [5.74, 6) is 0. The third-order valence-electron chi connectivity index (χ3n) is 2.76. The lowest BCUT2D eigenvalue weighted by Gasteiger charge is -2.21. The van der Waals surface area contributed by atoms with Gasteiger partial charge in [-0.1, -0.05) is 11.6 Å². The topological polar surface area (TPSA) is 66.6 Å². The van der Waals surface area contributed by atoms with E-state index in [0.29, 0.717) is 23.6 Å². The Balaban J connectivity index is 2.96. The highest BCUT2D eigenvalue weighted by atomic mass is 35.5. The number of aliphatic hydroxyl groups is 1. The van der Waals surface area contributed by atoms with E-state index in [1.165, 1.54) is 6.07 Å². The molecule has 6 heteroatoms. The molecule has 1 aromatic carbocycles. The van der Waals surface area contributed by atoms with Gasteiger partial charge in [0.15, 0.2) is 0 Å². The maximum Gasteiger partial charge on any atom is 0.273 e. The first-order valence-electron chi connectivity index (χ1n) is 5.66. The molecule has 1 unspecified atom stereocenters. The molecule has 1 aromatic rings. The Labute approximate surface area is 111 Å². The van der Waals surface area contributed by atoms with E-state index in [1.54, 1.807) is 19.9 Å². The maximum absolute atomic E-state index is 10.8. The van der Waals surface area contributed by atoms with Crippen molar-refractivity contribution in [1.29, 1.82) is 0 Å². The van der Waals surface area contributed by atoms with Crippen molar-refractivity contribution in [3.63, 3.8) is 0 Å². The summed E-state index contributed by atoms with van der Waals surface area (Å²) in [5.41, 5.74) is 1.33. The number of benzene rings is 1. The van der Waals surface area contributed by atoms with Crippen molar-refractivity contribution >= 4 is 23.0 Å². The van der Waals surface area contributed by atoms with Crippen molar-refractivity contribution in [3.8, 4) is 0 Å². The number of nitrogens with zero attached hydrogens (tertiary/aromatic N) is 2. The Hall–Kier alpha value is -1.33. The van der Waals surface area contributed by atoms with Gasteiger partial charge in [-0.3, -0.25) is 10.1 Å². The third-order valence-corrected chi connectivity index (χ3v) is 3.06. The van der Waals surface area contributed by atoms with Gasteiger partial charge in [-0.25, -0.2) is 0 Å². The summed E-state index contributed by atoms with van der Waals surface area (Å²) in [6, 6.07) is 3.06. The summed E-state index contributed by atoms with van der Waals surface area (Å²) in [6.45, 7) is 4.03. The molecule has 0 amide bonds. The summed E-state index contributed by atoms with van der Waals surface area (Å²) < 4.78 is 0. The predicted octanol–water partition coefficient (Wildman–Crippen LogP) is 2.76. The number of hydrogen-bond acceptors (Lipinski definition) is 4. The molecular formula is C12H17ClN2O3. The summed E-state index contributed by atoms with van der Waals surface area (Å²) in [7, 11) is 1.84. The largest absolute Gasteiger partial charge is 0.393 e. The number of aryl methyl sites for hydroxylation is 1. The zero-order valence-electron chi connectivity index (χ0n) is 10.7. The molecule has 1 rings (SSSR count). The Morgan fingerprint density at radius 1 is 1.56 bits per heavy atom. The van der Waals surface area contributed by atoms with Crippen LogP contribution in [-0.4, -0.2) is 29.7 Å². The second-order valence-corrected chi connectivity index (χ2v) is 4.81. The van der Waals surface area contributed by atoms with Gasteiger partial charge in [0.25, 0.3) is 5.69 Å². The number of rotatable bonds is 5. The van der Waals surface area contributed by atoms with E-state index in [2.05, 4.69) is 0 Å². The first-order valence-corrected chi connectivity index (χ1v) is 6.04. The van der Waals surface area contributed by atoms with Crippen LogP contribution in [0.25, 0.3) is 0 Å². The highest BCUT2D eigenvalue weighted by Gasteiger charge is 2.16. The zero-order chi connectivity index (χ0) is 13.9. The van der Waals surface area contributed by atoms with Gasteiger partial charge in [-0.2, -0.15) is 0 Å². The van der Waals surface area contributed by atoms with Crippen molar-refractivity contribution in [1.82, 2.24) is 0 Å². The fourth-order valence-electron chi connectivity index (χ4n) is 1.65. The van der Waals surface area contributed by atoms with Gasteiger partial charge >= 0.3 is 0 Å². The SMILES string of the molecule is Cc1cc(N(C)CCC(C)O)c(Cl)cc1[N+](=O)[O-]. The number of halogens is 1. The molecule has 0 radical (unpaired) electrons. The molecule has 0 aromatic heterocycles. The fraction of sp³-hybridized carbons (Fsp3) is 0.500. The van der Waals surface area contributed by atoms with Gasteiger partial charge in [0.1, 0.15) is 0 Å². The minimum absolute atomic E-state index is 0.0210. The average molecular weight is 273 g/mol. The van der Waals surface area contributed by atoms with Crippen molar-refractivity contribution < 1.29 is 10.0 Å². The van der Waals surface area contributed by atoms with Crippen LogP contribution in [0, 0.1) is 17.0 Å². The van der Waals surface area contributed by atoms with Gasteiger partial charge in [0.2, 0.25) is 0 Å². The molecule has 0 aliphatic carbocycles. The van der Waals surface area contributed by atoms with Gasteiger partial charge < -0.3 is 10.0 Å². The van der Waals surface area contributed by atoms with E-state index in [0.717, 1.165) is 5.69 Å². The van der Waals surface area contributed by atoms with Crippen molar-refractivity contribution in [3.05, 3.63) is 32.8 Å². The van der Waals surface area contributed by atoms with E-state index >= 15 is 0 Å². The molecule has 0 aliphatic rings. The molecule has 0 saturated carbocycles. The van der Waals surface area contributed by atoms with Crippen molar-refractivity contribution in [2.75, 3.05) is 18.5 Å². The van der Waals surface area contributed by atoms with Crippen LogP contribution in [0.15, 0.2) is 12.1 Å². The standard InChI is InChI=1S/C12H17ClN2O3/c1-8-6-12(14(3)5-4-9(2)16)10(13)7-11(8)15(17)18/h6-7,9,16H,4-5H2,1-3H3. The molecule has 18 heavy (non-hydrogen) atoms. The monoisotopic (exact) mass is 272 g/mol. The van der Waals surface area contributed by atoms with E-state index in [1.807, 2.05) is 11.9 Å². The lowest BCUT2D eigenvalue weighted by Crippen LogP contribution is -2.22. The Morgan fingerprint density at radius 2 is 2.17 bits per heavy atom. The Morgan fingerprint density at radius 3 is 2.67 bits per heavy atom. The van der Waals surface area contributed by atoms with E-state index < -0.39 is 4.92 Å². The van der Waals surface area contributed by atoms with Crippen LogP contribution in [0.1, 0.15) is 18.9 Å². The normalized spacial score (nSPS) is 12.3. The first kappa shape index (κ1) is 14.7. The van der Waals surface area contributed by atoms with Crippen LogP contribution in [0.3, 0.4) is 0 Å². The predicted molar refractivity (Wildman–Crippen MR) is 72.4 cm³/mol. The number of anilines is 1.